The molecule has 0 atom stereocenters. The molecular weight excluding hydrogens is 298 g/mol. The number of fused-ring (bicyclic) bond motifs is 1. The average molecular weight is 321 g/mol. The van der Waals surface area contributed by atoms with Crippen LogP contribution in [0.2, 0.25) is 0 Å². The summed E-state index contributed by atoms with van der Waals surface area (Å²) >= 11 is 0. The van der Waals surface area contributed by atoms with Gasteiger partial charge in [0.15, 0.2) is 0 Å². The Kier molecular flexibility index (Phi) is 4.38. The minimum Gasteiger partial charge on any atom is -0.352 e. The molecule has 0 unspecified atom stereocenters. The number of pyridine rings is 1. The molecule has 2 aromatic heterocycles. The normalized spacial score (nSPS) is 11.6. The molecule has 1 aromatic carbocycles. The summed E-state index contributed by atoms with van der Waals surface area (Å²) in [5, 5.41) is 3.85. The molecule has 0 bridgehead atoms. The Labute approximate surface area is 142 Å². The van der Waals surface area contributed by atoms with Gasteiger partial charge >= 0.3 is 0 Å². The van der Waals surface area contributed by atoms with Crippen LogP contribution >= 0.6 is 0 Å². The number of aromatic nitrogens is 2. The van der Waals surface area contributed by atoms with Gasteiger partial charge in [0.05, 0.1) is 5.56 Å². The fraction of sp³-hybridized carbons (Fsp3) is 0.300. The first kappa shape index (κ1) is 16.2. The number of benzene rings is 1. The summed E-state index contributed by atoms with van der Waals surface area (Å²) in [6.07, 6.45) is 4.27. The predicted octanol–water partition coefficient (Wildman–Crippen LogP) is 3.83. The van der Waals surface area contributed by atoms with E-state index in [1.54, 1.807) is 18.5 Å². The molecule has 4 heteroatoms. The molecule has 2 N–H and O–H groups in total. The lowest BCUT2D eigenvalue weighted by Crippen LogP contribution is -2.25. The van der Waals surface area contributed by atoms with Crippen LogP contribution in [-0.4, -0.2) is 22.4 Å². The zero-order valence-corrected chi connectivity index (χ0v) is 14.4. The number of nitrogens with one attached hydrogen (secondary N) is 2. The summed E-state index contributed by atoms with van der Waals surface area (Å²) in [5.41, 5.74) is 4.10. The standard InChI is InChI=1S/C20H23N3O/c1-20(2,3)15-6-4-14(5-7-15)8-11-23-19(24)17-10-13-22-18-16(17)9-12-21-18/h4-7,9-10,12-13H,8,11H2,1-3H3,(H,21,22)(H,23,24). The highest BCUT2D eigenvalue weighted by Crippen LogP contribution is 2.22. The van der Waals surface area contributed by atoms with E-state index in [1.165, 1.54) is 11.1 Å². The maximum absolute atomic E-state index is 12.4. The second kappa shape index (κ2) is 6.48. The van der Waals surface area contributed by atoms with Crippen LogP contribution in [0.3, 0.4) is 0 Å². The van der Waals surface area contributed by atoms with Crippen molar-refractivity contribution in [3.05, 3.63) is 65.5 Å². The van der Waals surface area contributed by atoms with E-state index in [1.807, 2.05) is 6.07 Å². The van der Waals surface area contributed by atoms with Gasteiger partial charge in [0.2, 0.25) is 0 Å². The fourth-order valence-corrected chi connectivity index (χ4v) is 2.75. The Morgan fingerprint density at radius 2 is 1.88 bits per heavy atom. The Balaban J connectivity index is 1.60. The van der Waals surface area contributed by atoms with Gasteiger partial charge in [-0.25, -0.2) is 4.98 Å². The SMILES string of the molecule is CC(C)(C)c1ccc(CCNC(=O)c2ccnc3[nH]ccc23)cc1. The first-order valence-electron chi connectivity index (χ1n) is 8.25. The summed E-state index contributed by atoms with van der Waals surface area (Å²) < 4.78 is 0. The highest BCUT2D eigenvalue weighted by Gasteiger charge is 2.13. The number of rotatable bonds is 4. The molecule has 1 amide bonds. The molecule has 0 fully saturated rings. The van der Waals surface area contributed by atoms with Gasteiger partial charge in [-0.05, 0) is 35.1 Å². The third-order valence-corrected chi connectivity index (χ3v) is 4.22. The number of H-pyrrole nitrogens is 1. The number of aromatic amines is 1. The molecule has 0 saturated carbocycles. The third-order valence-electron chi connectivity index (χ3n) is 4.22. The number of hydrogen-bond acceptors (Lipinski definition) is 2. The highest BCUT2D eigenvalue weighted by molar-refractivity contribution is 6.05. The molecular formula is C20H23N3O. The van der Waals surface area contributed by atoms with Crippen molar-refractivity contribution in [2.45, 2.75) is 32.6 Å². The molecule has 2 heterocycles. The lowest BCUT2D eigenvalue weighted by Gasteiger charge is -2.19. The van der Waals surface area contributed by atoms with Crippen molar-refractivity contribution in [1.29, 1.82) is 0 Å². The molecule has 0 aliphatic carbocycles. The zero-order chi connectivity index (χ0) is 17.2. The number of hydrogen-bond donors (Lipinski definition) is 2. The summed E-state index contributed by atoms with van der Waals surface area (Å²) in [7, 11) is 0. The summed E-state index contributed by atoms with van der Waals surface area (Å²) in [6.45, 7) is 7.23. The molecule has 124 valence electrons. The van der Waals surface area contributed by atoms with E-state index in [4.69, 9.17) is 0 Å². The number of nitrogens with zero attached hydrogens (tertiary/aromatic N) is 1. The van der Waals surface area contributed by atoms with Crippen molar-refractivity contribution in [1.82, 2.24) is 15.3 Å². The van der Waals surface area contributed by atoms with E-state index < -0.39 is 0 Å². The molecule has 4 nitrogen and oxygen atoms in total. The largest absolute Gasteiger partial charge is 0.352 e. The van der Waals surface area contributed by atoms with Gasteiger partial charge in [0.1, 0.15) is 5.65 Å². The topological polar surface area (TPSA) is 57.8 Å². The molecule has 0 aliphatic rings. The van der Waals surface area contributed by atoms with Crippen molar-refractivity contribution in [3.63, 3.8) is 0 Å². The first-order valence-corrected chi connectivity index (χ1v) is 8.25. The van der Waals surface area contributed by atoms with Crippen LogP contribution in [0.5, 0.6) is 0 Å². The quantitative estimate of drug-likeness (QED) is 0.767. The van der Waals surface area contributed by atoms with Gasteiger partial charge in [-0.1, -0.05) is 45.0 Å². The van der Waals surface area contributed by atoms with E-state index in [0.29, 0.717) is 12.1 Å². The number of amides is 1. The predicted molar refractivity (Wildman–Crippen MR) is 97.3 cm³/mol. The van der Waals surface area contributed by atoms with Gasteiger partial charge in [0, 0.05) is 24.3 Å². The second-order valence-electron chi connectivity index (χ2n) is 7.05. The molecule has 0 aliphatic heterocycles. The van der Waals surface area contributed by atoms with E-state index in [9.17, 15) is 4.79 Å². The maximum Gasteiger partial charge on any atom is 0.252 e. The van der Waals surface area contributed by atoms with Crippen molar-refractivity contribution in [2.75, 3.05) is 6.54 Å². The smallest absolute Gasteiger partial charge is 0.252 e. The van der Waals surface area contributed by atoms with E-state index in [0.717, 1.165) is 17.5 Å². The molecule has 3 rings (SSSR count). The molecule has 3 aromatic rings. The Morgan fingerprint density at radius 3 is 2.58 bits per heavy atom. The van der Waals surface area contributed by atoms with Crippen molar-refractivity contribution >= 4 is 16.9 Å². The monoisotopic (exact) mass is 321 g/mol. The van der Waals surface area contributed by atoms with Gasteiger partial charge in [-0.3, -0.25) is 4.79 Å². The lowest BCUT2D eigenvalue weighted by atomic mass is 9.86. The second-order valence-corrected chi connectivity index (χ2v) is 7.05. The van der Waals surface area contributed by atoms with Crippen LogP contribution in [0.15, 0.2) is 48.8 Å². The van der Waals surface area contributed by atoms with Crippen LogP contribution in [0, 0.1) is 0 Å². The van der Waals surface area contributed by atoms with Crippen LogP contribution in [0.25, 0.3) is 11.0 Å². The first-order chi connectivity index (χ1) is 11.4. The molecule has 0 spiro atoms. The minimum absolute atomic E-state index is 0.0617. The third kappa shape index (κ3) is 3.48. The summed E-state index contributed by atoms with van der Waals surface area (Å²) in [6, 6.07) is 12.3. The Morgan fingerprint density at radius 1 is 1.12 bits per heavy atom. The molecule has 0 radical (unpaired) electrons. The number of carbonyl (C=O) groups is 1. The number of carbonyl (C=O) groups excluding carboxylic acids is 1. The van der Waals surface area contributed by atoms with E-state index in [2.05, 4.69) is 60.3 Å². The van der Waals surface area contributed by atoms with Crippen molar-refractivity contribution in [3.8, 4) is 0 Å². The summed E-state index contributed by atoms with van der Waals surface area (Å²) in [4.78, 5) is 19.6. The summed E-state index contributed by atoms with van der Waals surface area (Å²) in [5.74, 6) is -0.0617. The zero-order valence-electron chi connectivity index (χ0n) is 14.4. The molecule has 24 heavy (non-hydrogen) atoms. The van der Waals surface area contributed by atoms with Gasteiger partial charge in [0.25, 0.3) is 5.91 Å². The lowest BCUT2D eigenvalue weighted by molar-refractivity contribution is 0.0955. The van der Waals surface area contributed by atoms with Crippen LogP contribution in [0.1, 0.15) is 42.3 Å². The average Bonchev–Trinajstić information content (AvgIpc) is 3.03. The van der Waals surface area contributed by atoms with Gasteiger partial charge in [-0.2, -0.15) is 0 Å². The highest BCUT2D eigenvalue weighted by atomic mass is 16.1. The van der Waals surface area contributed by atoms with Crippen LogP contribution in [0.4, 0.5) is 0 Å². The Hall–Kier alpha value is -2.62. The van der Waals surface area contributed by atoms with E-state index in [-0.39, 0.29) is 11.3 Å². The van der Waals surface area contributed by atoms with E-state index >= 15 is 0 Å². The van der Waals surface area contributed by atoms with Crippen LogP contribution in [-0.2, 0) is 11.8 Å². The Bertz CT molecular complexity index is 841. The van der Waals surface area contributed by atoms with Gasteiger partial charge < -0.3 is 10.3 Å². The van der Waals surface area contributed by atoms with Crippen molar-refractivity contribution < 1.29 is 4.79 Å². The molecule has 0 saturated heterocycles. The van der Waals surface area contributed by atoms with Gasteiger partial charge in [-0.15, -0.1) is 0 Å². The maximum atomic E-state index is 12.4. The fourth-order valence-electron chi connectivity index (χ4n) is 2.75. The minimum atomic E-state index is -0.0617. The van der Waals surface area contributed by atoms with Crippen LogP contribution < -0.4 is 5.32 Å². The van der Waals surface area contributed by atoms with Crippen molar-refractivity contribution in [2.24, 2.45) is 0 Å².